The molecular formula is C19H20BrFN2O3S. The number of rotatable bonds is 3. The highest BCUT2D eigenvalue weighted by atomic mass is 79.9. The zero-order valence-electron chi connectivity index (χ0n) is 14.7. The normalized spacial score (nSPS) is 25.3. The third kappa shape index (κ3) is 2.99. The molecule has 0 bridgehead atoms. The van der Waals surface area contributed by atoms with Gasteiger partial charge in [0, 0.05) is 29.7 Å². The molecule has 1 saturated heterocycles. The summed E-state index contributed by atoms with van der Waals surface area (Å²) in [5, 5.41) is 9.96. The predicted octanol–water partition coefficient (Wildman–Crippen LogP) is 3.15. The number of likely N-dealkylation sites (N-methyl/N-ethyl adjacent to an activating group) is 1. The molecule has 0 saturated carbocycles. The monoisotopic (exact) mass is 454 g/mol. The molecule has 4 rings (SSSR count). The van der Waals surface area contributed by atoms with Crippen molar-refractivity contribution in [3.8, 4) is 0 Å². The zero-order valence-corrected chi connectivity index (χ0v) is 17.1. The fourth-order valence-electron chi connectivity index (χ4n) is 4.42. The molecule has 0 aliphatic carbocycles. The molecule has 1 fully saturated rings. The Balaban J connectivity index is 1.85. The van der Waals surface area contributed by atoms with Gasteiger partial charge in [0.1, 0.15) is 5.82 Å². The van der Waals surface area contributed by atoms with Crippen molar-refractivity contribution >= 4 is 31.6 Å². The summed E-state index contributed by atoms with van der Waals surface area (Å²) in [6, 6.07) is 10.3. The Morgan fingerprint density at radius 2 is 2.04 bits per heavy atom. The van der Waals surface area contributed by atoms with Gasteiger partial charge in [-0.15, -0.1) is 0 Å². The van der Waals surface area contributed by atoms with Gasteiger partial charge in [-0.2, -0.15) is 4.31 Å². The van der Waals surface area contributed by atoms with E-state index in [2.05, 4.69) is 15.9 Å². The molecule has 8 heteroatoms. The summed E-state index contributed by atoms with van der Waals surface area (Å²) in [5.74, 6) is -0.614. The van der Waals surface area contributed by atoms with E-state index >= 15 is 0 Å². The van der Waals surface area contributed by atoms with Gasteiger partial charge in [0.15, 0.2) is 0 Å². The first-order chi connectivity index (χ1) is 12.8. The Bertz CT molecular complexity index is 985. The Morgan fingerprint density at radius 1 is 1.26 bits per heavy atom. The second-order valence-corrected chi connectivity index (χ2v) is 9.84. The fraction of sp³-hybridized carbons (Fsp3) is 0.368. The fourth-order valence-corrected chi connectivity index (χ4v) is 6.49. The van der Waals surface area contributed by atoms with Crippen molar-refractivity contribution in [2.45, 2.75) is 23.4 Å². The molecule has 2 heterocycles. The van der Waals surface area contributed by atoms with E-state index in [1.165, 1.54) is 22.5 Å². The summed E-state index contributed by atoms with van der Waals surface area (Å²) in [4.78, 5) is 1.99. The standard InChI is InChI=1S/C19H20BrFN2O3S/c1-22-17-6-5-12(20)9-16(17)19-15(18(22)11-24)7-8-23(19)27(25,26)14-4-2-3-13(21)10-14/h2-6,9-10,15,18-19,24H,7-8,11H2,1H3/t15-,18+,19-/m1/s1. The van der Waals surface area contributed by atoms with Gasteiger partial charge in [-0.1, -0.05) is 22.0 Å². The summed E-state index contributed by atoms with van der Waals surface area (Å²) >= 11 is 3.48. The first kappa shape index (κ1) is 18.9. The van der Waals surface area contributed by atoms with Gasteiger partial charge in [-0.05, 0) is 48.4 Å². The van der Waals surface area contributed by atoms with Crippen molar-refractivity contribution in [3.05, 3.63) is 58.3 Å². The minimum atomic E-state index is -3.86. The average Bonchev–Trinajstić information content (AvgIpc) is 3.08. The lowest BCUT2D eigenvalue weighted by Gasteiger charge is -2.44. The summed E-state index contributed by atoms with van der Waals surface area (Å²) < 4.78 is 42.5. The molecule has 0 spiro atoms. The maximum absolute atomic E-state index is 13.6. The molecule has 0 amide bonds. The summed E-state index contributed by atoms with van der Waals surface area (Å²) in [7, 11) is -1.93. The largest absolute Gasteiger partial charge is 0.394 e. The van der Waals surface area contributed by atoms with E-state index in [1.54, 1.807) is 0 Å². The van der Waals surface area contributed by atoms with E-state index in [9.17, 15) is 17.9 Å². The third-order valence-corrected chi connectivity index (χ3v) is 8.04. The number of anilines is 1. The minimum absolute atomic E-state index is 0.0369. The highest BCUT2D eigenvalue weighted by molar-refractivity contribution is 9.10. The number of aliphatic hydroxyl groups excluding tert-OH is 1. The van der Waals surface area contributed by atoms with Crippen LogP contribution in [0.1, 0.15) is 18.0 Å². The number of benzene rings is 2. The van der Waals surface area contributed by atoms with E-state index in [0.29, 0.717) is 13.0 Å². The molecule has 2 aliphatic heterocycles. The Morgan fingerprint density at radius 3 is 2.74 bits per heavy atom. The first-order valence-corrected chi connectivity index (χ1v) is 11.0. The van der Waals surface area contributed by atoms with Crippen molar-refractivity contribution in [2.75, 3.05) is 25.1 Å². The second kappa shape index (κ2) is 6.84. The van der Waals surface area contributed by atoms with E-state index in [-0.39, 0.29) is 29.5 Å². The maximum atomic E-state index is 13.6. The molecule has 0 aromatic heterocycles. The van der Waals surface area contributed by atoms with Crippen LogP contribution in [0.15, 0.2) is 51.8 Å². The Hall–Kier alpha value is -1.48. The van der Waals surface area contributed by atoms with Gasteiger partial charge >= 0.3 is 0 Å². The van der Waals surface area contributed by atoms with Crippen LogP contribution in [0.2, 0.25) is 0 Å². The van der Waals surface area contributed by atoms with Crippen LogP contribution in [0.4, 0.5) is 10.1 Å². The third-order valence-electron chi connectivity index (χ3n) is 5.67. The van der Waals surface area contributed by atoms with E-state index in [4.69, 9.17) is 0 Å². The molecule has 0 unspecified atom stereocenters. The van der Waals surface area contributed by atoms with E-state index in [1.807, 2.05) is 30.1 Å². The highest BCUT2D eigenvalue weighted by Gasteiger charge is 2.50. The number of halogens is 2. The van der Waals surface area contributed by atoms with Crippen molar-refractivity contribution in [1.29, 1.82) is 0 Å². The van der Waals surface area contributed by atoms with Crippen molar-refractivity contribution < 1.29 is 17.9 Å². The number of sulfonamides is 1. The summed E-state index contributed by atoms with van der Waals surface area (Å²) in [6.07, 6.45) is 0.640. The van der Waals surface area contributed by atoms with E-state index in [0.717, 1.165) is 21.8 Å². The molecule has 144 valence electrons. The number of hydrogen-bond donors (Lipinski definition) is 1. The van der Waals surface area contributed by atoms with Gasteiger partial charge in [0.05, 0.1) is 23.6 Å². The quantitative estimate of drug-likeness (QED) is 0.773. The van der Waals surface area contributed by atoms with Gasteiger partial charge in [-0.3, -0.25) is 0 Å². The van der Waals surface area contributed by atoms with Crippen LogP contribution >= 0.6 is 15.9 Å². The first-order valence-electron chi connectivity index (χ1n) is 8.75. The zero-order chi connectivity index (χ0) is 19.3. The lowest BCUT2D eigenvalue weighted by molar-refractivity contribution is 0.193. The van der Waals surface area contributed by atoms with Crippen LogP contribution in [0, 0.1) is 11.7 Å². The molecule has 2 aromatic rings. The maximum Gasteiger partial charge on any atom is 0.243 e. The van der Waals surface area contributed by atoms with E-state index < -0.39 is 15.8 Å². The van der Waals surface area contributed by atoms with Crippen LogP contribution in [-0.2, 0) is 10.0 Å². The molecule has 3 atom stereocenters. The molecule has 1 N–H and O–H groups in total. The summed E-state index contributed by atoms with van der Waals surface area (Å²) in [6.45, 7) is 0.283. The van der Waals surface area contributed by atoms with Gasteiger partial charge in [-0.25, -0.2) is 12.8 Å². The Labute approximate surface area is 166 Å². The van der Waals surface area contributed by atoms with Crippen LogP contribution < -0.4 is 4.90 Å². The van der Waals surface area contributed by atoms with Crippen molar-refractivity contribution in [2.24, 2.45) is 5.92 Å². The van der Waals surface area contributed by atoms with Crippen molar-refractivity contribution in [1.82, 2.24) is 4.31 Å². The van der Waals surface area contributed by atoms with Gasteiger partial charge < -0.3 is 10.0 Å². The number of aliphatic hydroxyl groups is 1. The number of fused-ring (bicyclic) bond motifs is 3. The number of hydrogen-bond acceptors (Lipinski definition) is 4. The predicted molar refractivity (Wildman–Crippen MR) is 105 cm³/mol. The molecule has 27 heavy (non-hydrogen) atoms. The second-order valence-electron chi connectivity index (χ2n) is 7.03. The smallest absolute Gasteiger partial charge is 0.243 e. The summed E-state index contributed by atoms with van der Waals surface area (Å²) in [5.41, 5.74) is 1.80. The molecule has 5 nitrogen and oxygen atoms in total. The van der Waals surface area contributed by atoms with Gasteiger partial charge in [0.2, 0.25) is 10.0 Å². The van der Waals surface area contributed by atoms with Gasteiger partial charge in [0.25, 0.3) is 0 Å². The molecule has 0 radical (unpaired) electrons. The SMILES string of the molecule is CN1c2ccc(Br)cc2[C@H]2[C@H](CCN2S(=O)(=O)c2cccc(F)c2)[C@@H]1CO. The lowest BCUT2D eigenvalue weighted by Crippen LogP contribution is -2.48. The van der Waals surface area contributed by atoms with Crippen LogP contribution in [0.5, 0.6) is 0 Å². The Kier molecular flexibility index (Phi) is 4.78. The van der Waals surface area contributed by atoms with Crippen LogP contribution in [0.3, 0.4) is 0 Å². The highest BCUT2D eigenvalue weighted by Crippen LogP contribution is 2.50. The lowest BCUT2D eigenvalue weighted by atomic mass is 9.82. The van der Waals surface area contributed by atoms with Crippen LogP contribution in [0.25, 0.3) is 0 Å². The molecule has 2 aromatic carbocycles. The topological polar surface area (TPSA) is 60.9 Å². The minimum Gasteiger partial charge on any atom is -0.394 e. The average molecular weight is 455 g/mol. The van der Waals surface area contributed by atoms with Crippen LogP contribution in [-0.4, -0.2) is 44.1 Å². The number of nitrogens with zero attached hydrogens (tertiary/aromatic N) is 2. The molecule has 2 aliphatic rings. The van der Waals surface area contributed by atoms with Crippen molar-refractivity contribution in [3.63, 3.8) is 0 Å². The molecular weight excluding hydrogens is 435 g/mol.